The van der Waals surface area contributed by atoms with Crippen LogP contribution in [0.5, 0.6) is 0 Å². The smallest absolute Gasteiger partial charge is 0.227 e. The first kappa shape index (κ1) is 13.3. The van der Waals surface area contributed by atoms with Crippen LogP contribution in [-0.2, 0) is 4.79 Å². The van der Waals surface area contributed by atoms with Crippen molar-refractivity contribution in [1.29, 1.82) is 0 Å². The van der Waals surface area contributed by atoms with E-state index in [9.17, 15) is 4.79 Å². The number of nitrogens with zero attached hydrogens (tertiary/aromatic N) is 1. The Hall–Kier alpha value is -1.13. The lowest BCUT2D eigenvalue weighted by Crippen LogP contribution is -2.29. The molecule has 0 saturated heterocycles. The van der Waals surface area contributed by atoms with E-state index in [1.165, 1.54) is 0 Å². The van der Waals surface area contributed by atoms with Crippen LogP contribution in [0.3, 0.4) is 0 Å². The fourth-order valence-electron chi connectivity index (χ4n) is 2.36. The van der Waals surface area contributed by atoms with Crippen LogP contribution in [-0.4, -0.2) is 17.4 Å². The highest BCUT2D eigenvalue weighted by atomic mass is 35.5. The van der Waals surface area contributed by atoms with Crippen molar-refractivity contribution >= 4 is 23.2 Å². The van der Waals surface area contributed by atoms with Gasteiger partial charge in [0.2, 0.25) is 5.91 Å². The van der Waals surface area contributed by atoms with E-state index in [0.29, 0.717) is 16.6 Å². The van der Waals surface area contributed by atoms with Crippen LogP contribution in [0.4, 0.5) is 5.69 Å². The third kappa shape index (κ3) is 3.21. The zero-order chi connectivity index (χ0) is 13.0. The molecule has 5 heteroatoms. The number of carbonyl (C=O) groups is 1. The van der Waals surface area contributed by atoms with Crippen molar-refractivity contribution in [2.24, 2.45) is 17.6 Å². The highest BCUT2D eigenvalue weighted by Gasteiger charge is 2.25. The molecule has 0 spiro atoms. The summed E-state index contributed by atoms with van der Waals surface area (Å²) in [5.41, 5.74) is 6.23. The summed E-state index contributed by atoms with van der Waals surface area (Å²) in [6, 6.07) is 1.67. The molecule has 0 unspecified atom stereocenters. The first-order valence-electron chi connectivity index (χ1n) is 6.31. The standard InChI is InChI=1S/C13H18ClN3O/c14-11-5-6-16-8-12(11)17-13(18)10-3-1-9(7-15)2-4-10/h5-6,8-10H,1-4,7,15H2,(H,17,18). The van der Waals surface area contributed by atoms with Crippen LogP contribution < -0.4 is 11.1 Å². The first-order chi connectivity index (χ1) is 8.70. The largest absolute Gasteiger partial charge is 0.330 e. The fraction of sp³-hybridized carbons (Fsp3) is 0.538. The molecule has 1 saturated carbocycles. The maximum absolute atomic E-state index is 12.1. The second-order valence-corrected chi connectivity index (χ2v) is 5.21. The summed E-state index contributed by atoms with van der Waals surface area (Å²) in [5.74, 6) is 0.695. The number of hydrogen-bond donors (Lipinski definition) is 2. The minimum absolute atomic E-state index is 0.0420. The summed E-state index contributed by atoms with van der Waals surface area (Å²) in [5, 5.41) is 3.37. The molecule has 0 aromatic carbocycles. The van der Waals surface area contributed by atoms with Gasteiger partial charge in [-0.3, -0.25) is 9.78 Å². The molecule has 4 nitrogen and oxygen atoms in total. The van der Waals surface area contributed by atoms with Crippen molar-refractivity contribution in [3.8, 4) is 0 Å². The molecule has 3 N–H and O–H groups in total. The van der Waals surface area contributed by atoms with Crippen LogP contribution in [0.15, 0.2) is 18.5 Å². The average Bonchev–Trinajstić information content (AvgIpc) is 2.41. The number of nitrogens with two attached hydrogens (primary N) is 1. The van der Waals surface area contributed by atoms with E-state index < -0.39 is 0 Å². The Kier molecular flexibility index (Phi) is 4.55. The molecule has 0 bridgehead atoms. The van der Waals surface area contributed by atoms with Gasteiger partial charge in [-0.25, -0.2) is 0 Å². The molecule has 1 aromatic heterocycles. The summed E-state index contributed by atoms with van der Waals surface area (Å²) < 4.78 is 0. The predicted molar refractivity (Wildman–Crippen MR) is 72.4 cm³/mol. The fourth-order valence-corrected chi connectivity index (χ4v) is 2.52. The molecule has 0 aliphatic heterocycles. The van der Waals surface area contributed by atoms with Gasteiger partial charge in [0.05, 0.1) is 16.9 Å². The van der Waals surface area contributed by atoms with E-state index in [0.717, 1.165) is 32.2 Å². The summed E-state index contributed by atoms with van der Waals surface area (Å²) in [7, 11) is 0. The van der Waals surface area contributed by atoms with Crippen LogP contribution in [0, 0.1) is 11.8 Å². The average molecular weight is 268 g/mol. The van der Waals surface area contributed by atoms with Crippen molar-refractivity contribution in [3.63, 3.8) is 0 Å². The molecule has 1 aliphatic rings. The lowest BCUT2D eigenvalue weighted by molar-refractivity contribution is -0.121. The maximum Gasteiger partial charge on any atom is 0.227 e. The molecule has 1 amide bonds. The van der Waals surface area contributed by atoms with E-state index in [2.05, 4.69) is 10.3 Å². The van der Waals surface area contributed by atoms with Crippen LogP contribution >= 0.6 is 11.6 Å². The van der Waals surface area contributed by atoms with Gasteiger partial charge < -0.3 is 11.1 Å². The minimum atomic E-state index is 0.0420. The monoisotopic (exact) mass is 267 g/mol. The second kappa shape index (κ2) is 6.16. The molecule has 1 aromatic rings. The Morgan fingerprint density at radius 3 is 2.78 bits per heavy atom. The number of amides is 1. The topological polar surface area (TPSA) is 68.0 Å². The minimum Gasteiger partial charge on any atom is -0.330 e. The van der Waals surface area contributed by atoms with E-state index in [1.807, 2.05) is 0 Å². The van der Waals surface area contributed by atoms with Crippen molar-refractivity contribution in [1.82, 2.24) is 4.98 Å². The Bertz CT molecular complexity index is 416. The van der Waals surface area contributed by atoms with Gasteiger partial charge in [-0.15, -0.1) is 0 Å². The van der Waals surface area contributed by atoms with E-state index in [4.69, 9.17) is 17.3 Å². The van der Waals surface area contributed by atoms with Crippen molar-refractivity contribution in [2.45, 2.75) is 25.7 Å². The van der Waals surface area contributed by atoms with Crippen LogP contribution in [0.25, 0.3) is 0 Å². The Balaban J connectivity index is 1.91. The zero-order valence-electron chi connectivity index (χ0n) is 10.2. The number of pyridine rings is 1. The third-order valence-corrected chi connectivity index (χ3v) is 3.91. The van der Waals surface area contributed by atoms with Crippen molar-refractivity contribution in [2.75, 3.05) is 11.9 Å². The zero-order valence-corrected chi connectivity index (χ0v) is 11.0. The molecule has 2 rings (SSSR count). The Morgan fingerprint density at radius 1 is 1.44 bits per heavy atom. The molecule has 0 atom stereocenters. The number of carbonyl (C=O) groups excluding carboxylic acids is 1. The quantitative estimate of drug-likeness (QED) is 0.884. The van der Waals surface area contributed by atoms with Gasteiger partial charge in [0, 0.05) is 12.1 Å². The molecule has 1 heterocycles. The van der Waals surface area contributed by atoms with Crippen LogP contribution in [0.1, 0.15) is 25.7 Å². The molecule has 1 fully saturated rings. The second-order valence-electron chi connectivity index (χ2n) is 4.80. The molecular weight excluding hydrogens is 250 g/mol. The maximum atomic E-state index is 12.1. The predicted octanol–water partition coefficient (Wildman–Crippen LogP) is 2.44. The third-order valence-electron chi connectivity index (χ3n) is 3.58. The number of anilines is 1. The Labute approximate surface area is 112 Å². The molecule has 1 aliphatic carbocycles. The highest BCUT2D eigenvalue weighted by Crippen LogP contribution is 2.29. The van der Waals surface area contributed by atoms with E-state index in [1.54, 1.807) is 18.5 Å². The summed E-state index contributed by atoms with van der Waals surface area (Å²) in [4.78, 5) is 16.0. The van der Waals surface area contributed by atoms with Gasteiger partial charge >= 0.3 is 0 Å². The summed E-state index contributed by atoms with van der Waals surface area (Å²) in [6.45, 7) is 0.725. The number of rotatable bonds is 3. The van der Waals surface area contributed by atoms with E-state index >= 15 is 0 Å². The lowest BCUT2D eigenvalue weighted by Gasteiger charge is -2.26. The number of halogens is 1. The molecular formula is C13H18ClN3O. The normalized spacial score (nSPS) is 23.7. The molecule has 0 radical (unpaired) electrons. The Morgan fingerprint density at radius 2 is 2.17 bits per heavy atom. The number of aromatic nitrogens is 1. The highest BCUT2D eigenvalue weighted by molar-refractivity contribution is 6.33. The van der Waals surface area contributed by atoms with Gasteiger partial charge in [0.1, 0.15) is 0 Å². The lowest BCUT2D eigenvalue weighted by atomic mass is 9.81. The van der Waals surface area contributed by atoms with Gasteiger partial charge in [0.25, 0.3) is 0 Å². The first-order valence-corrected chi connectivity index (χ1v) is 6.69. The van der Waals surface area contributed by atoms with Gasteiger partial charge in [-0.1, -0.05) is 11.6 Å². The molecule has 98 valence electrons. The summed E-state index contributed by atoms with van der Waals surface area (Å²) >= 11 is 5.98. The van der Waals surface area contributed by atoms with Gasteiger partial charge in [-0.2, -0.15) is 0 Å². The van der Waals surface area contributed by atoms with E-state index in [-0.39, 0.29) is 11.8 Å². The van der Waals surface area contributed by atoms with Gasteiger partial charge in [-0.05, 0) is 44.2 Å². The summed E-state index contributed by atoms with van der Waals surface area (Å²) in [6.07, 6.45) is 7.07. The van der Waals surface area contributed by atoms with Crippen molar-refractivity contribution < 1.29 is 4.79 Å². The number of hydrogen-bond acceptors (Lipinski definition) is 3. The molecule has 18 heavy (non-hydrogen) atoms. The van der Waals surface area contributed by atoms with Gasteiger partial charge in [0.15, 0.2) is 0 Å². The van der Waals surface area contributed by atoms with Crippen LogP contribution in [0.2, 0.25) is 5.02 Å². The number of nitrogens with one attached hydrogen (secondary N) is 1. The van der Waals surface area contributed by atoms with Crippen molar-refractivity contribution in [3.05, 3.63) is 23.5 Å². The SMILES string of the molecule is NCC1CCC(C(=O)Nc2cnccc2Cl)CC1.